The van der Waals surface area contributed by atoms with Crippen LogP contribution < -0.4 is 5.73 Å². The smallest absolute Gasteiger partial charge is 0.334 e. The first kappa shape index (κ1) is 32.7. The topological polar surface area (TPSA) is 135 Å². The molecule has 2 aromatic carbocycles. The van der Waals surface area contributed by atoms with E-state index < -0.39 is 11.9 Å². The average Bonchev–Trinajstić information content (AvgIpc) is 3.65. The molecule has 1 fully saturated rings. The summed E-state index contributed by atoms with van der Waals surface area (Å²) in [6.07, 6.45) is 7.46. The number of oxime groups is 2. The van der Waals surface area contributed by atoms with E-state index in [1.54, 1.807) is 19.9 Å². The number of aromatic nitrogens is 1. The van der Waals surface area contributed by atoms with Crippen LogP contribution >= 0.6 is 0 Å². The van der Waals surface area contributed by atoms with E-state index in [0.717, 1.165) is 72.4 Å². The van der Waals surface area contributed by atoms with E-state index in [-0.39, 0.29) is 25.4 Å². The van der Waals surface area contributed by atoms with Crippen molar-refractivity contribution in [2.75, 3.05) is 12.3 Å². The third kappa shape index (κ3) is 7.84. The Kier molecular flexibility index (Phi) is 11.5. The molecule has 236 valence electrons. The standard InChI is InChI=1S/C34H44N4O6/c1-5-11-28(36-43-31(39)7-3)23-14-15-30-25(18-23)26-19-24(20-27(35)34(26)38(30)16-6-2)29(37-44-32(40)8-4)21-42-33(41)17-22-12-9-10-13-22/h14-15,18-20,22H,5-13,16-17,21,35H2,1-4H3/b36-28+,37-29+. The minimum absolute atomic E-state index is 0.150. The van der Waals surface area contributed by atoms with Gasteiger partial charge in [0, 0.05) is 53.2 Å². The number of nitrogen functional groups attached to an aromatic ring is 1. The van der Waals surface area contributed by atoms with Crippen molar-refractivity contribution in [2.24, 2.45) is 16.2 Å². The first-order chi connectivity index (χ1) is 21.3. The van der Waals surface area contributed by atoms with Crippen LogP contribution in [0.5, 0.6) is 0 Å². The number of fused-ring (bicyclic) bond motifs is 3. The second kappa shape index (κ2) is 15.5. The highest BCUT2D eigenvalue weighted by Crippen LogP contribution is 2.35. The Morgan fingerprint density at radius 1 is 0.841 bits per heavy atom. The van der Waals surface area contributed by atoms with Crippen LogP contribution in [0.25, 0.3) is 21.8 Å². The van der Waals surface area contributed by atoms with E-state index in [9.17, 15) is 14.4 Å². The molecule has 10 nitrogen and oxygen atoms in total. The summed E-state index contributed by atoms with van der Waals surface area (Å²) >= 11 is 0. The molecule has 10 heteroatoms. The molecule has 0 atom stereocenters. The van der Waals surface area contributed by atoms with Crippen molar-refractivity contribution in [1.82, 2.24) is 4.57 Å². The molecule has 1 heterocycles. The Morgan fingerprint density at radius 3 is 2.14 bits per heavy atom. The van der Waals surface area contributed by atoms with Gasteiger partial charge in [0.1, 0.15) is 12.3 Å². The Balaban J connectivity index is 1.79. The number of nitrogens with two attached hydrogens (primary N) is 1. The van der Waals surface area contributed by atoms with Crippen LogP contribution in [0.1, 0.15) is 103 Å². The maximum absolute atomic E-state index is 12.7. The number of anilines is 1. The number of aryl methyl sites for hydroxylation is 1. The van der Waals surface area contributed by atoms with E-state index >= 15 is 0 Å². The predicted octanol–water partition coefficient (Wildman–Crippen LogP) is 7.02. The molecule has 44 heavy (non-hydrogen) atoms. The zero-order valence-electron chi connectivity index (χ0n) is 26.3. The second-order valence-electron chi connectivity index (χ2n) is 11.3. The van der Waals surface area contributed by atoms with Crippen molar-refractivity contribution in [3.63, 3.8) is 0 Å². The molecule has 2 N–H and O–H groups in total. The molecule has 1 aromatic heterocycles. The fourth-order valence-corrected chi connectivity index (χ4v) is 5.71. The lowest BCUT2D eigenvalue weighted by atomic mass is 10.0. The quantitative estimate of drug-likeness (QED) is 0.0686. The Bertz CT molecular complexity index is 1560. The van der Waals surface area contributed by atoms with E-state index in [4.69, 9.17) is 20.1 Å². The Morgan fingerprint density at radius 2 is 1.50 bits per heavy atom. The molecule has 1 aliphatic rings. The van der Waals surface area contributed by atoms with Gasteiger partial charge in [-0.3, -0.25) is 4.79 Å². The Labute approximate surface area is 258 Å². The molecule has 0 saturated heterocycles. The molecule has 3 aromatic rings. The van der Waals surface area contributed by atoms with E-state index in [1.165, 1.54) is 0 Å². The van der Waals surface area contributed by atoms with E-state index in [1.807, 2.05) is 31.2 Å². The fraction of sp³-hybridized carbons (Fsp3) is 0.500. The largest absolute Gasteiger partial charge is 0.459 e. The second-order valence-corrected chi connectivity index (χ2v) is 11.3. The predicted molar refractivity (Wildman–Crippen MR) is 172 cm³/mol. The molecule has 1 aliphatic carbocycles. The molecule has 0 bridgehead atoms. The number of carbonyl (C=O) groups excluding carboxylic acids is 3. The summed E-state index contributed by atoms with van der Waals surface area (Å²) in [4.78, 5) is 46.8. The van der Waals surface area contributed by atoms with Crippen molar-refractivity contribution in [3.8, 4) is 0 Å². The van der Waals surface area contributed by atoms with Gasteiger partial charge in [-0.1, -0.05) is 63.3 Å². The third-order valence-corrected chi connectivity index (χ3v) is 7.98. The molecular weight excluding hydrogens is 560 g/mol. The summed E-state index contributed by atoms with van der Waals surface area (Å²) in [5.74, 6) is -0.838. The number of nitrogens with zero attached hydrogens (tertiary/aromatic N) is 3. The minimum atomic E-state index is -0.496. The molecule has 0 spiro atoms. The lowest BCUT2D eigenvalue weighted by molar-refractivity contribution is -0.144. The number of hydrogen-bond acceptors (Lipinski definition) is 9. The maximum Gasteiger partial charge on any atom is 0.334 e. The highest BCUT2D eigenvalue weighted by molar-refractivity contribution is 6.17. The fourth-order valence-electron chi connectivity index (χ4n) is 5.71. The SMILES string of the molecule is CCC/C(=N\OC(=O)CC)c1ccc2c(c1)c1cc(/C(COC(=O)CC3CCCC3)=N/OC(=O)CC)cc(N)c1n2CCC. The molecule has 0 amide bonds. The van der Waals surface area contributed by atoms with Crippen molar-refractivity contribution >= 4 is 56.8 Å². The summed E-state index contributed by atoms with van der Waals surface area (Å²) in [6.45, 7) is 8.16. The van der Waals surface area contributed by atoms with E-state index in [0.29, 0.717) is 41.4 Å². The minimum Gasteiger partial charge on any atom is -0.459 e. The summed E-state index contributed by atoms with van der Waals surface area (Å²) in [6, 6.07) is 9.79. The molecule has 0 unspecified atom stereocenters. The zero-order chi connectivity index (χ0) is 31.6. The highest BCUT2D eigenvalue weighted by atomic mass is 16.7. The number of hydrogen-bond donors (Lipinski definition) is 1. The number of carbonyl (C=O) groups is 3. The van der Waals surface area contributed by atoms with E-state index in [2.05, 4.69) is 21.8 Å². The van der Waals surface area contributed by atoms with Gasteiger partial charge in [-0.15, -0.1) is 0 Å². The molecule has 0 radical (unpaired) electrons. The van der Waals surface area contributed by atoms with Gasteiger partial charge in [0.25, 0.3) is 0 Å². The van der Waals surface area contributed by atoms with Gasteiger partial charge in [-0.25, -0.2) is 9.59 Å². The Hall–Kier alpha value is -4.21. The molecular formula is C34H44N4O6. The number of benzene rings is 2. The first-order valence-corrected chi connectivity index (χ1v) is 15.8. The monoisotopic (exact) mass is 604 g/mol. The first-order valence-electron chi connectivity index (χ1n) is 15.8. The van der Waals surface area contributed by atoms with Gasteiger partial charge < -0.3 is 24.7 Å². The third-order valence-electron chi connectivity index (χ3n) is 7.98. The lowest BCUT2D eigenvalue weighted by Gasteiger charge is -2.12. The number of rotatable bonds is 14. The summed E-state index contributed by atoms with van der Waals surface area (Å²) in [7, 11) is 0. The summed E-state index contributed by atoms with van der Waals surface area (Å²) in [5, 5.41) is 10.1. The number of esters is 1. The maximum atomic E-state index is 12.7. The van der Waals surface area contributed by atoms with Crippen LogP contribution in [0.15, 0.2) is 40.6 Å². The molecule has 0 aliphatic heterocycles. The van der Waals surface area contributed by atoms with Gasteiger partial charge in [-0.2, -0.15) is 0 Å². The highest BCUT2D eigenvalue weighted by Gasteiger charge is 2.22. The van der Waals surface area contributed by atoms with Crippen molar-refractivity contribution in [1.29, 1.82) is 0 Å². The van der Waals surface area contributed by atoms with Crippen LogP contribution in [0.2, 0.25) is 0 Å². The van der Waals surface area contributed by atoms with Gasteiger partial charge in [-0.05, 0) is 55.9 Å². The normalized spacial score (nSPS) is 14.4. The molecule has 1 saturated carbocycles. The van der Waals surface area contributed by atoms with Crippen molar-refractivity contribution in [2.45, 2.75) is 98.4 Å². The summed E-state index contributed by atoms with van der Waals surface area (Å²) < 4.78 is 7.83. The summed E-state index contributed by atoms with van der Waals surface area (Å²) in [5.41, 5.74) is 11.5. The average molecular weight is 605 g/mol. The van der Waals surface area contributed by atoms with Crippen LogP contribution in [-0.4, -0.2) is 40.5 Å². The lowest BCUT2D eigenvalue weighted by Crippen LogP contribution is -2.18. The van der Waals surface area contributed by atoms with Crippen molar-refractivity contribution in [3.05, 3.63) is 41.5 Å². The zero-order valence-corrected chi connectivity index (χ0v) is 26.3. The van der Waals surface area contributed by atoms with Gasteiger partial charge >= 0.3 is 17.9 Å². The van der Waals surface area contributed by atoms with Gasteiger partial charge in [0.2, 0.25) is 0 Å². The van der Waals surface area contributed by atoms with Gasteiger partial charge in [0.05, 0.1) is 16.9 Å². The van der Waals surface area contributed by atoms with Crippen LogP contribution in [0.4, 0.5) is 5.69 Å². The van der Waals surface area contributed by atoms with Gasteiger partial charge in [0.15, 0.2) is 0 Å². The van der Waals surface area contributed by atoms with Crippen molar-refractivity contribution < 1.29 is 28.8 Å². The molecule has 4 rings (SSSR count). The van der Waals surface area contributed by atoms with Crippen LogP contribution in [-0.2, 0) is 35.3 Å². The number of ether oxygens (including phenoxy) is 1. The van der Waals surface area contributed by atoms with Crippen LogP contribution in [0, 0.1) is 5.92 Å². The van der Waals surface area contributed by atoms with Crippen LogP contribution in [0.3, 0.4) is 0 Å².